The van der Waals surface area contributed by atoms with Crippen molar-refractivity contribution >= 4 is 5.91 Å². The first-order valence-electron chi connectivity index (χ1n) is 6.81. The Morgan fingerprint density at radius 2 is 1.86 bits per heavy atom. The molecule has 2 N–H and O–H groups in total. The molecule has 3 nitrogen and oxygen atoms in total. The molecule has 0 heterocycles. The van der Waals surface area contributed by atoms with Crippen molar-refractivity contribution in [1.82, 2.24) is 5.32 Å². The standard InChI is InChI=1S/C16H18F3NO2/c1-3-10(4-2)5-6-15(22)20-14(9-21)11-7-12(17)16(19)13(18)8-11/h3,5-8,14,21H,4,9H2,1-2H3,(H,20,22). The lowest BCUT2D eigenvalue weighted by molar-refractivity contribution is -0.117. The first kappa shape index (κ1) is 18.0. The Kier molecular flexibility index (Phi) is 6.85. The van der Waals surface area contributed by atoms with Crippen LogP contribution in [0.1, 0.15) is 31.9 Å². The summed E-state index contributed by atoms with van der Waals surface area (Å²) in [7, 11) is 0. The Bertz CT molecular complexity index is 574. The van der Waals surface area contributed by atoms with Crippen molar-refractivity contribution in [3.8, 4) is 0 Å². The van der Waals surface area contributed by atoms with E-state index in [1.54, 1.807) is 6.08 Å². The first-order valence-corrected chi connectivity index (χ1v) is 6.81. The molecule has 1 amide bonds. The number of amides is 1. The van der Waals surface area contributed by atoms with Gasteiger partial charge in [0, 0.05) is 6.08 Å². The molecule has 0 saturated carbocycles. The molecule has 0 aromatic heterocycles. The zero-order chi connectivity index (χ0) is 16.7. The average molecular weight is 313 g/mol. The number of allylic oxidation sites excluding steroid dienone is 3. The summed E-state index contributed by atoms with van der Waals surface area (Å²) in [6, 6.07) is 0.455. The summed E-state index contributed by atoms with van der Waals surface area (Å²) in [5.41, 5.74) is 0.886. The predicted molar refractivity (Wildman–Crippen MR) is 77.5 cm³/mol. The Hall–Kier alpha value is -2.08. The van der Waals surface area contributed by atoms with E-state index in [9.17, 15) is 23.1 Å². The van der Waals surface area contributed by atoms with E-state index in [4.69, 9.17) is 0 Å². The van der Waals surface area contributed by atoms with Crippen LogP contribution >= 0.6 is 0 Å². The zero-order valence-corrected chi connectivity index (χ0v) is 12.4. The minimum Gasteiger partial charge on any atom is -0.394 e. The molecule has 1 atom stereocenters. The van der Waals surface area contributed by atoms with E-state index in [0.29, 0.717) is 0 Å². The van der Waals surface area contributed by atoms with Crippen LogP contribution < -0.4 is 5.32 Å². The van der Waals surface area contributed by atoms with Gasteiger partial charge in [-0.05, 0) is 31.0 Å². The quantitative estimate of drug-likeness (QED) is 0.481. The van der Waals surface area contributed by atoms with Crippen LogP contribution in [0.25, 0.3) is 0 Å². The van der Waals surface area contributed by atoms with Crippen LogP contribution in [-0.4, -0.2) is 17.6 Å². The van der Waals surface area contributed by atoms with Gasteiger partial charge >= 0.3 is 0 Å². The summed E-state index contributed by atoms with van der Waals surface area (Å²) in [5.74, 6) is -4.87. The number of nitrogens with one attached hydrogen (secondary N) is 1. The van der Waals surface area contributed by atoms with Gasteiger partial charge in [-0.2, -0.15) is 0 Å². The molecule has 0 bridgehead atoms. The van der Waals surface area contributed by atoms with Gasteiger partial charge in [0.2, 0.25) is 5.91 Å². The number of benzene rings is 1. The SMILES string of the molecule is CC=C(C=CC(=O)NC(CO)c1cc(F)c(F)c(F)c1)CC. The van der Waals surface area contributed by atoms with E-state index in [0.717, 1.165) is 24.1 Å². The molecule has 0 spiro atoms. The number of rotatable bonds is 6. The Balaban J connectivity index is 2.87. The largest absolute Gasteiger partial charge is 0.394 e. The van der Waals surface area contributed by atoms with Crippen molar-refractivity contribution in [1.29, 1.82) is 0 Å². The van der Waals surface area contributed by atoms with Crippen LogP contribution in [0.2, 0.25) is 0 Å². The smallest absolute Gasteiger partial charge is 0.244 e. The molecule has 0 aliphatic heterocycles. The number of carbonyl (C=O) groups excluding carboxylic acids is 1. The van der Waals surface area contributed by atoms with Crippen LogP contribution in [0, 0.1) is 17.5 Å². The summed E-state index contributed by atoms with van der Waals surface area (Å²) in [5, 5.41) is 11.7. The molecule has 0 fully saturated rings. The monoisotopic (exact) mass is 313 g/mol. The second kappa shape index (κ2) is 8.38. The minimum absolute atomic E-state index is 0.0533. The second-order valence-corrected chi connectivity index (χ2v) is 4.59. The Morgan fingerprint density at radius 1 is 1.27 bits per heavy atom. The molecule has 1 aromatic carbocycles. The summed E-state index contributed by atoms with van der Waals surface area (Å²) in [6.45, 7) is 3.19. The van der Waals surface area contributed by atoms with Crippen molar-refractivity contribution in [3.05, 3.63) is 58.9 Å². The maximum Gasteiger partial charge on any atom is 0.244 e. The second-order valence-electron chi connectivity index (χ2n) is 4.59. The number of hydrogen-bond acceptors (Lipinski definition) is 2. The van der Waals surface area contributed by atoms with Gasteiger partial charge < -0.3 is 10.4 Å². The third kappa shape index (κ3) is 4.73. The van der Waals surface area contributed by atoms with E-state index >= 15 is 0 Å². The zero-order valence-electron chi connectivity index (χ0n) is 12.4. The van der Waals surface area contributed by atoms with Gasteiger partial charge in [0.1, 0.15) is 0 Å². The van der Waals surface area contributed by atoms with Gasteiger partial charge in [0.25, 0.3) is 0 Å². The van der Waals surface area contributed by atoms with Crippen molar-refractivity contribution in [2.24, 2.45) is 0 Å². The summed E-state index contributed by atoms with van der Waals surface area (Å²) >= 11 is 0. The molecule has 0 aliphatic rings. The van der Waals surface area contributed by atoms with E-state index in [1.165, 1.54) is 6.08 Å². The van der Waals surface area contributed by atoms with Gasteiger partial charge in [-0.25, -0.2) is 13.2 Å². The van der Waals surface area contributed by atoms with Crippen LogP contribution in [0.3, 0.4) is 0 Å². The van der Waals surface area contributed by atoms with E-state index in [-0.39, 0.29) is 5.56 Å². The molecule has 0 saturated heterocycles. The summed E-state index contributed by atoms with van der Waals surface area (Å²) in [4.78, 5) is 11.8. The fourth-order valence-corrected chi connectivity index (χ4v) is 1.83. The highest BCUT2D eigenvalue weighted by Crippen LogP contribution is 2.19. The highest BCUT2D eigenvalue weighted by Gasteiger charge is 2.18. The maximum absolute atomic E-state index is 13.2. The molecular formula is C16H18F3NO2. The van der Waals surface area contributed by atoms with Gasteiger partial charge in [-0.15, -0.1) is 0 Å². The average Bonchev–Trinajstić information content (AvgIpc) is 2.50. The van der Waals surface area contributed by atoms with Gasteiger partial charge in [0.05, 0.1) is 12.6 Å². The third-order valence-corrected chi connectivity index (χ3v) is 3.14. The molecular weight excluding hydrogens is 295 g/mol. The van der Waals surface area contributed by atoms with Crippen molar-refractivity contribution in [2.45, 2.75) is 26.3 Å². The van der Waals surface area contributed by atoms with Gasteiger partial charge in [-0.1, -0.05) is 24.6 Å². The minimum atomic E-state index is -1.59. The fourth-order valence-electron chi connectivity index (χ4n) is 1.83. The molecule has 120 valence electrons. The maximum atomic E-state index is 13.2. The van der Waals surface area contributed by atoms with Crippen molar-refractivity contribution < 1.29 is 23.1 Å². The highest BCUT2D eigenvalue weighted by atomic mass is 19.2. The Labute approximate surface area is 127 Å². The molecule has 6 heteroatoms. The lowest BCUT2D eigenvalue weighted by Crippen LogP contribution is -2.29. The summed E-state index contributed by atoms with van der Waals surface area (Å²) in [6.07, 6.45) is 5.46. The van der Waals surface area contributed by atoms with Crippen molar-refractivity contribution in [3.63, 3.8) is 0 Å². The molecule has 1 rings (SSSR count). The molecule has 1 aromatic rings. The van der Waals surface area contributed by atoms with Crippen LogP contribution in [-0.2, 0) is 4.79 Å². The molecule has 1 unspecified atom stereocenters. The Morgan fingerprint density at radius 3 is 2.32 bits per heavy atom. The van der Waals surface area contributed by atoms with Crippen molar-refractivity contribution in [2.75, 3.05) is 6.61 Å². The number of aliphatic hydroxyl groups excluding tert-OH is 1. The lowest BCUT2D eigenvalue weighted by atomic mass is 10.1. The number of carbonyl (C=O) groups is 1. The first-order chi connectivity index (χ1) is 10.4. The fraction of sp³-hybridized carbons (Fsp3) is 0.312. The topological polar surface area (TPSA) is 49.3 Å². The predicted octanol–water partition coefficient (Wildman–Crippen LogP) is 3.17. The van der Waals surface area contributed by atoms with E-state index < -0.39 is 36.0 Å². The molecule has 0 aliphatic carbocycles. The number of aliphatic hydroxyl groups is 1. The number of halogens is 3. The lowest BCUT2D eigenvalue weighted by Gasteiger charge is -2.16. The van der Waals surface area contributed by atoms with E-state index in [1.807, 2.05) is 19.9 Å². The summed E-state index contributed by atoms with van der Waals surface area (Å²) < 4.78 is 39.3. The van der Waals surface area contributed by atoms with Crippen LogP contribution in [0.4, 0.5) is 13.2 Å². The highest BCUT2D eigenvalue weighted by molar-refractivity contribution is 5.88. The molecule has 0 radical (unpaired) electrons. The van der Waals surface area contributed by atoms with Gasteiger partial charge in [-0.3, -0.25) is 4.79 Å². The third-order valence-electron chi connectivity index (χ3n) is 3.14. The molecule has 22 heavy (non-hydrogen) atoms. The normalized spacial score (nSPS) is 13.5. The van der Waals surface area contributed by atoms with Crippen LogP contribution in [0.5, 0.6) is 0 Å². The van der Waals surface area contributed by atoms with Gasteiger partial charge in [0.15, 0.2) is 17.5 Å². The van der Waals surface area contributed by atoms with E-state index in [2.05, 4.69) is 5.32 Å². The number of hydrogen-bond donors (Lipinski definition) is 2. The van der Waals surface area contributed by atoms with Crippen LogP contribution in [0.15, 0.2) is 35.9 Å².